The summed E-state index contributed by atoms with van der Waals surface area (Å²) in [6.45, 7) is 4.88. The van der Waals surface area contributed by atoms with Crippen LogP contribution in [-0.4, -0.2) is 50.6 Å². The smallest absolute Gasteiger partial charge is 0.266 e. The van der Waals surface area contributed by atoms with E-state index in [4.69, 9.17) is 4.74 Å². The number of nitrogens with one attached hydrogen (secondary N) is 1. The van der Waals surface area contributed by atoms with Crippen LogP contribution in [0.15, 0.2) is 35.0 Å². The van der Waals surface area contributed by atoms with Crippen LogP contribution in [0.4, 0.5) is 4.39 Å². The number of allylic oxidation sites excluding steroid dienone is 2. The molecule has 1 amide bonds. The summed E-state index contributed by atoms with van der Waals surface area (Å²) < 4.78 is 18.9. The van der Waals surface area contributed by atoms with Crippen LogP contribution < -0.4 is 10.1 Å². The summed E-state index contributed by atoms with van der Waals surface area (Å²) in [5, 5.41) is 25.4. The van der Waals surface area contributed by atoms with Crippen molar-refractivity contribution in [2.45, 2.75) is 58.5 Å². The number of tetrazole rings is 1. The fourth-order valence-corrected chi connectivity index (χ4v) is 4.87. The van der Waals surface area contributed by atoms with Crippen LogP contribution in [0.3, 0.4) is 0 Å². The zero-order valence-corrected chi connectivity index (χ0v) is 20.4. The number of aromatic nitrogens is 4. The third-order valence-corrected chi connectivity index (χ3v) is 6.95. The Bertz CT molecular complexity index is 1110. The zero-order valence-electron chi connectivity index (χ0n) is 20.4. The lowest BCUT2D eigenvalue weighted by Gasteiger charge is -2.26. The van der Waals surface area contributed by atoms with Gasteiger partial charge in [0.25, 0.3) is 5.91 Å². The molecule has 2 aromatic rings. The average Bonchev–Trinajstić information content (AvgIpc) is 3.32. The summed E-state index contributed by atoms with van der Waals surface area (Å²) >= 11 is 0. The van der Waals surface area contributed by atoms with Gasteiger partial charge in [0.1, 0.15) is 17.3 Å². The summed E-state index contributed by atoms with van der Waals surface area (Å²) in [6.07, 6.45) is 6.13. The molecule has 35 heavy (non-hydrogen) atoms. The van der Waals surface area contributed by atoms with Gasteiger partial charge in [0, 0.05) is 30.8 Å². The summed E-state index contributed by atoms with van der Waals surface area (Å²) in [5.74, 6) is 0.638. The second-order valence-electron chi connectivity index (χ2n) is 9.57. The molecule has 1 fully saturated rings. The monoisotopic (exact) mass is 484 g/mol. The fourth-order valence-electron chi connectivity index (χ4n) is 4.87. The highest BCUT2D eigenvalue weighted by atomic mass is 19.1. The quantitative estimate of drug-likeness (QED) is 0.595. The van der Waals surface area contributed by atoms with Crippen molar-refractivity contribution in [2.24, 2.45) is 22.7 Å². The number of carbonyl (C=O) groups is 1. The third-order valence-electron chi connectivity index (χ3n) is 6.95. The number of aliphatic hydroxyl groups is 1. The number of hydrogen-bond donors (Lipinski definition) is 2. The predicted molar refractivity (Wildman–Crippen MR) is 128 cm³/mol. The highest BCUT2D eigenvalue weighted by Crippen LogP contribution is 2.32. The number of carbonyl (C=O) groups excluding carboxylic acids is 1. The molecule has 0 spiro atoms. The van der Waals surface area contributed by atoms with Crippen molar-refractivity contribution >= 4 is 11.6 Å². The van der Waals surface area contributed by atoms with Gasteiger partial charge in [0.05, 0.1) is 19.6 Å². The highest BCUT2D eigenvalue weighted by Gasteiger charge is 2.33. The first-order valence-electron chi connectivity index (χ1n) is 12.1. The minimum absolute atomic E-state index is 0.152. The molecule has 0 bridgehead atoms. The molecular weight excluding hydrogens is 451 g/mol. The van der Waals surface area contributed by atoms with E-state index < -0.39 is 5.82 Å². The number of aliphatic hydroxyl groups excluding tert-OH is 1. The Hall–Kier alpha value is -3.14. The molecule has 2 heterocycles. The number of benzene rings is 1. The minimum atomic E-state index is -0.425. The number of amides is 1. The number of aliphatic imine (C=N–C) groups is 1. The number of hydrogen-bond acceptors (Lipinski definition) is 7. The van der Waals surface area contributed by atoms with Gasteiger partial charge in [-0.2, -0.15) is 4.80 Å². The van der Waals surface area contributed by atoms with E-state index in [0.29, 0.717) is 46.9 Å². The topological polar surface area (TPSA) is 115 Å². The molecule has 1 aromatic carbocycles. The van der Waals surface area contributed by atoms with Crippen molar-refractivity contribution in [2.75, 3.05) is 13.7 Å². The van der Waals surface area contributed by atoms with E-state index in [2.05, 4.69) is 25.7 Å². The highest BCUT2D eigenvalue weighted by molar-refractivity contribution is 6.40. The molecule has 2 aliphatic rings. The Morgan fingerprint density at radius 3 is 2.69 bits per heavy atom. The lowest BCUT2D eigenvalue weighted by Crippen LogP contribution is -2.37. The normalized spacial score (nSPS) is 24.5. The van der Waals surface area contributed by atoms with E-state index in [1.807, 2.05) is 19.9 Å². The number of methoxy groups -OCH3 is 1. The molecule has 10 heteroatoms. The van der Waals surface area contributed by atoms with Crippen molar-refractivity contribution in [3.8, 4) is 5.75 Å². The molecule has 0 saturated heterocycles. The Balaban J connectivity index is 1.39. The van der Waals surface area contributed by atoms with Crippen LogP contribution >= 0.6 is 0 Å². The third kappa shape index (κ3) is 6.11. The minimum Gasteiger partial charge on any atom is -0.497 e. The predicted octanol–water partition coefficient (Wildman–Crippen LogP) is 3.01. The van der Waals surface area contributed by atoms with E-state index in [1.54, 1.807) is 10.9 Å². The van der Waals surface area contributed by atoms with Gasteiger partial charge >= 0.3 is 0 Å². The number of ether oxygens (including phenoxy) is 1. The van der Waals surface area contributed by atoms with Gasteiger partial charge in [0.2, 0.25) is 0 Å². The van der Waals surface area contributed by atoms with Gasteiger partial charge in [-0.3, -0.25) is 9.79 Å². The van der Waals surface area contributed by atoms with Crippen molar-refractivity contribution in [3.63, 3.8) is 0 Å². The van der Waals surface area contributed by atoms with Crippen LogP contribution in [-0.2, 0) is 17.9 Å². The second-order valence-corrected chi connectivity index (χ2v) is 9.57. The first-order valence-corrected chi connectivity index (χ1v) is 12.1. The Morgan fingerprint density at radius 2 is 1.97 bits per heavy atom. The second kappa shape index (κ2) is 11.1. The van der Waals surface area contributed by atoms with E-state index >= 15 is 0 Å². The number of rotatable bonds is 8. The summed E-state index contributed by atoms with van der Waals surface area (Å²) in [5.41, 5.74) is 1.70. The van der Waals surface area contributed by atoms with Crippen LogP contribution in [0, 0.1) is 23.6 Å². The van der Waals surface area contributed by atoms with E-state index in [9.17, 15) is 14.3 Å². The summed E-state index contributed by atoms with van der Waals surface area (Å²) in [4.78, 5) is 19.1. The summed E-state index contributed by atoms with van der Waals surface area (Å²) in [6, 6.07) is 4.33. The Kier molecular flexibility index (Phi) is 7.90. The lowest BCUT2D eigenvalue weighted by molar-refractivity contribution is -0.115. The lowest BCUT2D eigenvalue weighted by atomic mass is 9.82. The van der Waals surface area contributed by atoms with Crippen LogP contribution in [0.2, 0.25) is 0 Å². The van der Waals surface area contributed by atoms with Crippen LogP contribution in [0.5, 0.6) is 5.75 Å². The van der Waals surface area contributed by atoms with Crippen LogP contribution in [0.25, 0.3) is 0 Å². The van der Waals surface area contributed by atoms with Crippen molar-refractivity contribution in [1.82, 2.24) is 25.5 Å². The maximum atomic E-state index is 13.8. The molecule has 1 aromatic heterocycles. The molecule has 2 atom stereocenters. The maximum absolute atomic E-state index is 13.8. The molecular formula is C25H33FN6O3. The molecule has 1 saturated carbocycles. The first kappa shape index (κ1) is 25.0. The van der Waals surface area contributed by atoms with E-state index in [0.717, 1.165) is 25.7 Å². The molecule has 1 aliphatic heterocycles. The van der Waals surface area contributed by atoms with Crippen molar-refractivity contribution < 1.29 is 19.0 Å². The molecule has 9 nitrogen and oxygen atoms in total. The summed E-state index contributed by atoms with van der Waals surface area (Å²) in [7, 11) is 1.47. The molecule has 2 unspecified atom stereocenters. The average molecular weight is 485 g/mol. The van der Waals surface area contributed by atoms with Crippen molar-refractivity contribution in [3.05, 3.63) is 47.2 Å². The maximum Gasteiger partial charge on any atom is 0.266 e. The van der Waals surface area contributed by atoms with Crippen LogP contribution in [0.1, 0.15) is 56.8 Å². The molecule has 2 N–H and O–H groups in total. The standard InChI is InChI=1S/C25H33FN6O3/c1-15-8-22(24-29-31-32(30-24)13-17-4-6-18(14-33)7-5-17)16(2)23(28-15)25(34)27-12-19-9-20(26)11-21(10-19)35-3/h8-11,16-18,22,33H,4-7,12-14H2,1-3H3,(H,27,34). The van der Waals surface area contributed by atoms with Gasteiger partial charge in [-0.05, 0) is 67.4 Å². The van der Waals surface area contributed by atoms with Crippen molar-refractivity contribution in [1.29, 1.82) is 0 Å². The first-order chi connectivity index (χ1) is 16.9. The van der Waals surface area contributed by atoms with Gasteiger partial charge in [0.15, 0.2) is 5.82 Å². The zero-order chi connectivity index (χ0) is 24.9. The largest absolute Gasteiger partial charge is 0.497 e. The van der Waals surface area contributed by atoms with Gasteiger partial charge in [-0.1, -0.05) is 13.0 Å². The molecule has 188 valence electrons. The van der Waals surface area contributed by atoms with E-state index in [1.165, 1.54) is 19.2 Å². The van der Waals surface area contributed by atoms with E-state index in [-0.39, 0.29) is 30.9 Å². The number of nitrogens with zero attached hydrogens (tertiary/aromatic N) is 5. The molecule has 0 radical (unpaired) electrons. The SMILES string of the molecule is COc1cc(F)cc(CNC(=O)C2=NC(C)=CC(c3nnn(CC4CCC(CO)CC4)n3)C2C)c1. The van der Waals surface area contributed by atoms with Gasteiger partial charge < -0.3 is 15.2 Å². The molecule has 4 rings (SSSR count). The Morgan fingerprint density at radius 1 is 1.23 bits per heavy atom. The fraction of sp³-hybridized carbons (Fsp3) is 0.560. The van der Waals surface area contributed by atoms with Gasteiger partial charge in [-0.15, -0.1) is 10.2 Å². The number of halogens is 1. The van der Waals surface area contributed by atoms with Gasteiger partial charge in [-0.25, -0.2) is 4.39 Å². The molecule has 1 aliphatic carbocycles. The Labute approximate surface area is 204 Å².